The molecule has 0 bridgehead atoms. The van der Waals surface area contributed by atoms with Crippen LogP contribution in [0.3, 0.4) is 0 Å². The molecule has 2 rings (SSSR count). The summed E-state index contributed by atoms with van der Waals surface area (Å²) in [4.78, 5) is 7.80. The lowest BCUT2D eigenvalue weighted by Crippen LogP contribution is -2.01. The number of benzene rings is 1. The van der Waals surface area contributed by atoms with Crippen molar-refractivity contribution < 1.29 is 0 Å². The summed E-state index contributed by atoms with van der Waals surface area (Å²) in [5.74, 6) is 0.628. The standard InChI is InChI=1S/C11H10Cl2N4/c1-6-3-2-4-7(12)10(6)16-9-5-8(13)15-11(14)17-9/h2-5H,1H3,(H3,14,15,16,17). The van der Waals surface area contributed by atoms with Gasteiger partial charge in [0.25, 0.3) is 0 Å². The summed E-state index contributed by atoms with van der Waals surface area (Å²) in [7, 11) is 0. The minimum absolute atomic E-state index is 0.115. The molecular formula is C11H10Cl2N4. The molecular weight excluding hydrogens is 259 g/mol. The van der Waals surface area contributed by atoms with Gasteiger partial charge in [-0.3, -0.25) is 0 Å². The van der Waals surface area contributed by atoms with Gasteiger partial charge in [0.15, 0.2) is 0 Å². The summed E-state index contributed by atoms with van der Waals surface area (Å²) in [6, 6.07) is 7.20. The number of hydrogen-bond donors (Lipinski definition) is 2. The third-order valence-electron chi connectivity index (χ3n) is 2.19. The third-order valence-corrected chi connectivity index (χ3v) is 2.70. The lowest BCUT2D eigenvalue weighted by molar-refractivity contribution is 1.18. The number of rotatable bonds is 2. The fourth-order valence-electron chi connectivity index (χ4n) is 1.42. The van der Waals surface area contributed by atoms with Gasteiger partial charge in [-0.25, -0.2) is 4.98 Å². The molecule has 0 aliphatic heterocycles. The van der Waals surface area contributed by atoms with Gasteiger partial charge in [0.2, 0.25) is 5.95 Å². The summed E-state index contributed by atoms with van der Waals surface area (Å²) in [5.41, 5.74) is 7.30. The zero-order valence-electron chi connectivity index (χ0n) is 9.04. The van der Waals surface area contributed by atoms with Crippen molar-refractivity contribution in [3.05, 3.63) is 40.0 Å². The highest BCUT2D eigenvalue weighted by Crippen LogP contribution is 2.28. The second kappa shape index (κ2) is 4.77. The van der Waals surface area contributed by atoms with Crippen LogP contribution >= 0.6 is 23.2 Å². The second-order valence-corrected chi connectivity index (χ2v) is 4.29. The molecule has 0 saturated heterocycles. The summed E-state index contributed by atoms with van der Waals surface area (Å²) in [6.45, 7) is 1.94. The Labute approximate surface area is 109 Å². The molecule has 17 heavy (non-hydrogen) atoms. The van der Waals surface area contributed by atoms with E-state index in [2.05, 4.69) is 15.3 Å². The fraction of sp³-hybridized carbons (Fsp3) is 0.0909. The van der Waals surface area contributed by atoms with E-state index in [4.69, 9.17) is 28.9 Å². The predicted molar refractivity (Wildman–Crippen MR) is 70.9 cm³/mol. The van der Waals surface area contributed by atoms with Crippen LogP contribution in [0.1, 0.15) is 5.56 Å². The molecule has 88 valence electrons. The molecule has 3 N–H and O–H groups in total. The van der Waals surface area contributed by atoms with Gasteiger partial charge < -0.3 is 11.1 Å². The Balaban J connectivity index is 2.38. The molecule has 0 radical (unpaired) electrons. The SMILES string of the molecule is Cc1cccc(Cl)c1Nc1cc(Cl)nc(N)n1. The van der Waals surface area contributed by atoms with Crippen LogP contribution in [-0.2, 0) is 0 Å². The maximum atomic E-state index is 6.09. The van der Waals surface area contributed by atoms with Gasteiger partial charge in [-0.1, -0.05) is 35.3 Å². The van der Waals surface area contributed by atoms with Gasteiger partial charge >= 0.3 is 0 Å². The normalized spacial score (nSPS) is 10.3. The minimum Gasteiger partial charge on any atom is -0.368 e. The van der Waals surface area contributed by atoms with Crippen LogP contribution in [0.15, 0.2) is 24.3 Å². The zero-order valence-corrected chi connectivity index (χ0v) is 10.5. The van der Waals surface area contributed by atoms with Crippen molar-refractivity contribution in [2.24, 2.45) is 0 Å². The van der Waals surface area contributed by atoms with Crippen molar-refractivity contribution in [2.45, 2.75) is 6.92 Å². The Kier molecular flexibility index (Phi) is 3.36. The van der Waals surface area contributed by atoms with Crippen LogP contribution in [0.4, 0.5) is 17.5 Å². The smallest absolute Gasteiger partial charge is 0.223 e. The molecule has 0 amide bonds. The van der Waals surface area contributed by atoms with E-state index in [1.54, 1.807) is 12.1 Å². The lowest BCUT2D eigenvalue weighted by Gasteiger charge is -2.10. The number of nitrogen functional groups attached to an aromatic ring is 1. The van der Waals surface area contributed by atoms with Crippen molar-refractivity contribution in [3.63, 3.8) is 0 Å². The number of halogens is 2. The van der Waals surface area contributed by atoms with E-state index < -0.39 is 0 Å². The van der Waals surface area contributed by atoms with Crippen molar-refractivity contribution in [3.8, 4) is 0 Å². The zero-order chi connectivity index (χ0) is 12.4. The number of hydrogen-bond acceptors (Lipinski definition) is 4. The Hall–Kier alpha value is -1.52. The van der Waals surface area contributed by atoms with Crippen molar-refractivity contribution in [1.29, 1.82) is 0 Å². The van der Waals surface area contributed by atoms with Crippen LogP contribution in [0.2, 0.25) is 10.2 Å². The second-order valence-electron chi connectivity index (χ2n) is 3.49. The Morgan fingerprint density at radius 2 is 2.00 bits per heavy atom. The first-order chi connectivity index (χ1) is 8.06. The Morgan fingerprint density at radius 3 is 2.65 bits per heavy atom. The van der Waals surface area contributed by atoms with Crippen molar-refractivity contribution >= 4 is 40.7 Å². The highest BCUT2D eigenvalue weighted by atomic mass is 35.5. The van der Waals surface area contributed by atoms with Gasteiger partial charge in [0.1, 0.15) is 11.0 Å². The highest BCUT2D eigenvalue weighted by Gasteiger charge is 2.06. The van der Waals surface area contributed by atoms with Gasteiger partial charge in [0.05, 0.1) is 10.7 Å². The number of nitrogens with one attached hydrogen (secondary N) is 1. The van der Waals surface area contributed by atoms with Crippen LogP contribution in [-0.4, -0.2) is 9.97 Å². The number of aryl methyl sites for hydroxylation is 1. The molecule has 0 atom stereocenters. The minimum atomic E-state index is 0.115. The van der Waals surface area contributed by atoms with Crippen LogP contribution < -0.4 is 11.1 Å². The highest BCUT2D eigenvalue weighted by molar-refractivity contribution is 6.33. The summed E-state index contributed by atoms with van der Waals surface area (Å²) in [6.07, 6.45) is 0. The van der Waals surface area contributed by atoms with E-state index in [0.717, 1.165) is 11.3 Å². The molecule has 1 aromatic heterocycles. The predicted octanol–water partition coefficient (Wildman–Crippen LogP) is 3.42. The number of aromatic nitrogens is 2. The third kappa shape index (κ3) is 2.78. The van der Waals surface area contributed by atoms with Crippen molar-refractivity contribution in [2.75, 3.05) is 11.1 Å². The summed E-state index contributed by atoms with van der Waals surface area (Å²) >= 11 is 11.9. The van der Waals surface area contributed by atoms with E-state index in [0.29, 0.717) is 10.8 Å². The molecule has 2 aromatic rings. The molecule has 0 fully saturated rings. The summed E-state index contributed by atoms with van der Waals surface area (Å²) < 4.78 is 0. The van der Waals surface area contributed by atoms with E-state index in [-0.39, 0.29) is 11.1 Å². The largest absolute Gasteiger partial charge is 0.368 e. The average molecular weight is 269 g/mol. The number of anilines is 3. The van der Waals surface area contributed by atoms with Gasteiger partial charge in [0, 0.05) is 6.07 Å². The van der Waals surface area contributed by atoms with Gasteiger partial charge in [-0.05, 0) is 18.6 Å². The lowest BCUT2D eigenvalue weighted by atomic mass is 10.2. The molecule has 0 spiro atoms. The molecule has 0 unspecified atom stereocenters. The van der Waals surface area contributed by atoms with Gasteiger partial charge in [-0.2, -0.15) is 4.98 Å². The van der Waals surface area contributed by atoms with E-state index in [1.165, 1.54) is 0 Å². The first kappa shape index (κ1) is 12.0. The van der Waals surface area contributed by atoms with Gasteiger partial charge in [-0.15, -0.1) is 0 Å². The average Bonchev–Trinajstić information content (AvgIpc) is 2.22. The molecule has 1 heterocycles. The topological polar surface area (TPSA) is 63.8 Å². The first-order valence-corrected chi connectivity index (χ1v) is 5.64. The molecule has 6 heteroatoms. The molecule has 0 aliphatic rings. The van der Waals surface area contributed by atoms with Crippen LogP contribution in [0, 0.1) is 6.92 Å². The van der Waals surface area contributed by atoms with E-state index in [9.17, 15) is 0 Å². The number of nitrogens with two attached hydrogens (primary N) is 1. The maximum absolute atomic E-state index is 6.09. The van der Waals surface area contributed by atoms with E-state index in [1.807, 2.05) is 19.1 Å². The molecule has 0 aliphatic carbocycles. The van der Waals surface area contributed by atoms with E-state index >= 15 is 0 Å². The Morgan fingerprint density at radius 1 is 1.24 bits per heavy atom. The molecule has 4 nitrogen and oxygen atoms in total. The molecule has 0 saturated carbocycles. The fourth-order valence-corrected chi connectivity index (χ4v) is 1.88. The monoisotopic (exact) mass is 268 g/mol. The first-order valence-electron chi connectivity index (χ1n) is 4.88. The van der Waals surface area contributed by atoms with Crippen LogP contribution in [0.25, 0.3) is 0 Å². The maximum Gasteiger partial charge on any atom is 0.223 e. The van der Waals surface area contributed by atoms with Crippen LogP contribution in [0.5, 0.6) is 0 Å². The number of para-hydroxylation sites is 1. The summed E-state index contributed by atoms with van der Waals surface area (Å²) in [5, 5.41) is 3.97. The Bertz CT molecular complexity index is 517. The molecule has 1 aromatic carbocycles. The quantitative estimate of drug-likeness (QED) is 0.820. The van der Waals surface area contributed by atoms with Crippen molar-refractivity contribution in [1.82, 2.24) is 9.97 Å². The number of nitrogens with zero attached hydrogens (tertiary/aromatic N) is 2.